The number of halogens is 1. The van der Waals surface area contributed by atoms with Crippen molar-refractivity contribution in [3.8, 4) is 11.3 Å². The second-order valence-corrected chi connectivity index (χ2v) is 9.96. The van der Waals surface area contributed by atoms with Crippen LogP contribution in [0.2, 0.25) is 0 Å². The van der Waals surface area contributed by atoms with Crippen molar-refractivity contribution in [3.05, 3.63) is 65.0 Å². The molecule has 4 aromatic rings. The summed E-state index contributed by atoms with van der Waals surface area (Å²) in [6.45, 7) is 7.97. The van der Waals surface area contributed by atoms with Crippen molar-refractivity contribution in [1.29, 1.82) is 0 Å². The number of hydrogen-bond donors (Lipinski definition) is 0. The Hall–Kier alpha value is -2.77. The summed E-state index contributed by atoms with van der Waals surface area (Å²) in [4.78, 5) is 14.5. The van der Waals surface area contributed by atoms with E-state index in [-0.39, 0.29) is 5.82 Å². The van der Waals surface area contributed by atoms with Gasteiger partial charge in [-0.1, -0.05) is 19.9 Å². The molecular formula is C27H32FN5S. The Morgan fingerprint density at radius 1 is 1.06 bits per heavy atom. The molecule has 4 heterocycles. The van der Waals surface area contributed by atoms with Gasteiger partial charge in [0, 0.05) is 24.2 Å². The van der Waals surface area contributed by atoms with Crippen LogP contribution in [-0.4, -0.2) is 46.0 Å². The second-order valence-electron chi connectivity index (χ2n) is 9.12. The third-order valence-electron chi connectivity index (χ3n) is 6.86. The second kappa shape index (κ2) is 9.84. The van der Waals surface area contributed by atoms with E-state index in [0.717, 1.165) is 40.0 Å². The van der Waals surface area contributed by atoms with Crippen LogP contribution in [0.1, 0.15) is 50.3 Å². The van der Waals surface area contributed by atoms with Crippen molar-refractivity contribution in [2.24, 2.45) is 0 Å². The van der Waals surface area contributed by atoms with Crippen LogP contribution in [0.15, 0.2) is 48.0 Å². The lowest BCUT2D eigenvalue weighted by Gasteiger charge is -2.32. The standard InChI is InChI=1S/C27H32FN5S/c1-4-14-32-15-12-19(13-16-32)21-8-11-25-29-23(5-2)26(33(25)17-21)31(3)27-30-24(18-34-27)20-6-9-22(28)10-7-20/h6-11,17-19H,4-5,12-16H2,1-3H3. The van der Waals surface area contributed by atoms with E-state index in [4.69, 9.17) is 9.97 Å². The number of piperidine rings is 1. The summed E-state index contributed by atoms with van der Waals surface area (Å²) < 4.78 is 15.6. The molecule has 178 valence electrons. The summed E-state index contributed by atoms with van der Waals surface area (Å²) in [5.41, 5.74) is 5.21. The molecule has 0 aliphatic carbocycles. The number of aromatic nitrogens is 3. The smallest absolute Gasteiger partial charge is 0.191 e. The molecule has 5 rings (SSSR count). The highest BCUT2D eigenvalue weighted by Gasteiger charge is 2.23. The molecule has 0 unspecified atom stereocenters. The maximum Gasteiger partial charge on any atom is 0.191 e. The van der Waals surface area contributed by atoms with Crippen molar-refractivity contribution in [1.82, 2.24) is 19.3 Å². The summed E-state index contributed by atoms with van der Waals surface area (Å²) in [7, 11) is 2.06. The van der Waals surface area contributed by atoms with Crippen molar-refractivity contribution in [2.75, 3.05) is 31.6 Å². The lowest BCUT2D eigenvalue weighted by atomic mass is 9.90. The van der Waals surface area contributed by atoms with Crippen LogP contribution in [0.25, 0.3) is 16.9 Å². The molecule has 0 bridgehead atoms. The lowest BCUT2D eigenvalue weighted by Crippen LogP contribution is -2.33. The number of likely N-dealkylation sites (tertiary alicyclic amines) is 1. The molecule has 0 radical (unpaired) electrons. The van der Waals surface area contributed by atoms with Crippen LogP contribution in [0.3, 0.4) is 0 Å². The van der Waals surface area contributed by atoms with Crippen molar-refractivity contribution >= 4 is 27.9 Å². The van der Waals surface area contributed by atoms with Crippen molar-refractivity contribution < 1.29 is 4.39 Å². The highest BCUT2D eigenvalue weighted by Crippen LogP contribution is 2.35. The highest BCUT2D eigenvalue weighted by atomic mass is 32.1. The number of imidazole rings is 1. The molecule has 0 saturated carbocycles. The van der Waals surface area contributed by atoms with E-state index in [1.54, 1.807) is 23.5 Å². The number of hydrogen-bond acceptors (Lipinski definition) is 5. The average molecular weight is 478 g/mol. The molecule has 1 aliphatic heterocycles. The Morgan fingerprint density at radius 2 is 1.82 bits per heavy atom. The topological polar surface area (TPSA) is 36.7 Å². The third kappa shape index (κ3) is 4.46. The van der Waals surface area contributed by atoms with Crippen LogP contribution in [0.5, 0.6) is 0 Å². The summed E-state index contributed by atoms with van der Waals surface area (Å²) in [5, 5.41) is 2.93. The first-order valence-corrected chi connectivity index (χ1v) is 13.1. The first kappa shape index (κ1) is 23.0. The quantitative estimate of drug-likeness (QED) is 0.304. The van der Waals surface area contributed by atoms with E-state index in [9.17, 15) is 4.39 Å². The number of thiazole rings is 1. The molecule has 34 heavy (non-hydrogen) atoms. The van der Waals surface area contributed by atoms with Gasteiger partial charge < -0.3 is 9.80 Å². The molecule has 0 N–H and O–H groups in total. The SMILES string of the molecule is CCCN1CCC(c2ccc3nc(CC)c(N(C)c4nc(-c5ccc(F)cc5)cs4)n3c2)CC1. The zero-order chi connectivity index (χ0) is 23.7. The molecule has 1 fully saturated rings. The molecule has 0 spiro atoms. The molecule has 5 nitrogen and oxygen atoms in total. The van der Waals surface area contributed by atoms with Gasteiger partial charge >= 0.3 is 0 Å². The first-order chi connectivity index (χ1) is 16.6. The maximum atomic E-state index is 13.3. The summed E-state index contributed by atoms with van der Waals surface area (Å²) in [6.07, 6.45) is 6.78. The van der Waals surface area contributed by atoms with E-state index in [1.807, 2.05) is 5.38 Å². The fourth-order valence-corrected chi connectivity index (χ4v) is 5.80. The maximum absolute atomic E-state index is 13.3. The van der Waals surface area contributed by atoms with Gasteiger partial charge in [0.15, 0.2) is 5.13 Å². The van der Waals surface area contributed by atoms with Crippen LogP contribution >= 0.6 is 11.3 Å². The highest BCUT2D eigenvalue weighted by molar-refractivity contribution is 7.14. The molecule has 0 atom stereocenters. The lowest BCUT2D eigenvalue weighted by molar-refractivity contribution is 0.212. The molecule has 0 amide bonds. The van der Waals surface area contributed by atoms with Crippen molar-refractivity contribution in [2.45, 2.75) is 45.4 Å². The molecule has 3 aromatic heterocycles. The number of anilines is 2. The Kier molecular flexibility index (Phi) is 6.66. The minimum atomic E-state index is -0.235. The number of nitrogens with zero attached hydrogens (tertiary/aromatic N) is 5. The Morgan fingerprint density at radius 3 is 2.53 bits per heavy atom. The third-order valence-corrected chi connectivity index (χ3v) is 7.77. The van der Waals surface area contributed by atoms with E-state index < -0.39 is 0 Å². The molecular weight excluding hydrogens is 445 g/mol. The first-order valence-electron chi connectivity index (χ1n) is 12.3. The van der Waals surface area contributed by atoms with Gasteiger partial charge in [-0.2, -0.15) is 0 Å². The summed E-state index contributed by atoms with van der Waals surface area (Å²) >= 11 is 1.59. The number of fused-ring (bicyclic) bond motifs is 1. The fraction of sp³-hybridized carbons (Fsp3) is 0.407. The number of pyridine rings is 1. The van der Waals surface area contributed by atoms with Gasteiger partial charge in [0.05, 0.1) is 11.4 Å². The van der Waals surface area contributed by atoms with Gasteiger partial charge in [-0.15, -0.1) is 11.3 Å². The fourth-order valence-electron chi connectivity index (χ4n) is 5.00. The van der Waals surface area contributed by atoms with Gasteiger partial charge in [-0.3, -0.25) is 4.40 Å². The van der Waals surface area contributed by atoms with Gasteiger partial charge in [0.1, 0.15) is 17.3 Å². The predicted octanol–water partition coefficient (Wildman–Crippen LogP) is 6.52. The number of benzene rings is 1. The Labute approximate surface area is 204 Å². The van der Waals surface area contributed by atoms with E-state index >= 15 is 0 Å². The van der Waals surface area contributed by atoms with Gasteiger partial charge in [0.25, 0.3) is 0 Å². The normalized spacial score (nSPS) is 15.3. The largest absolute Gasteiger partial charge is 0.305 e. The van der Waals surface area contributed by atoms with E-state index in [2.05, 4.69) is 53.4 Å². The van der Waals surface area contributed by atoms with Crippen LogP contribution in [-0.2, 0) is 6.42 Å². The molecule has 1 aromatic carbocycles. The van der Waals surface area contributed by atoms with Crippen molar-refractivity contribution in [3.63, 3.8) is 0 Å². The Balaban J connectivity index is 1.45. The van der Waals surface area contributed by atoms with E-state index in [0.29, 0.717) is 5.92 Å². The Bertz CT molecular complexity index is 1250. The number of rotatable bonds is 7. The molecule has 1 aliphatic rings. The summed E-state index contributed by atoms with van der Waals surface area (Å²) in [5.74, 6) is 1.43. The van der Waals surface area contributed by atoms with E-state index in [1.165, 1.54) is 56.6 Å². The minimum Gasteiger partial charge on any atom is -0.305 e. The average Bonchev–Trinajstić information content (AvgIpc) is 3.49. The van der Waals surface area contributed by atoms with Crippen LogP contribution in [0, 0.1) is 5.82 Å². The zero-order valence-corrected chi connectivity index (χ0v) is 21.0. The van der Waals surface area contributed by atoms with Gasteiger partial charge in [-0.25, -0.2) is 14.4 Å². The van der Waals surface area contributed by atoms with Crippen LogP contribution in [0.4, 0.5) is 15.3 Å². The summed E-state index contributed by atoms with van der Waals surface area (Å²) in [6, 6.07) is 10.9. The number of aryl methyl sites for hydroxylation is 1. The van der Waals surface area contributed by atoms with Crippen LogP contribution < -0.4 is 4.90 Å². The molecule has 7 heteroatoms. The minimum absolute atomic E-state index is 0.235. The monoisotopic (exact) mass is 477 g/mol. The molecule has 1 saturated heterocycles. The van der Waals surface area contributed by atoms with Gasteiger partial charge in [0.2, 0.25) is 0 Å². The predicted molar refractivity (Wildman–Crippen MR) is 139 cm³/mol. The zero-order valence-electron chi connectivity index (χ0n) is 20.2. The van der Waals surface area contributed by atoms with Gasteiger partial charge in [-0.05, 0) is 87.1 Å².